The van der Waals surface area contributed by atoms with Gasteiger partial charge in [-0.3, -0.25) is 0 Å². The second-order valence-corrected chi connectivity index (χ2v) is 4.98. The van der Waals surface area contributed by atoms with Crippen molar-refractivity contribution in [1.82, 2.24) is 4.98 Å². The number of hydrogen-bond donors (Lipinski definition) is 0. The second kappa shape index (κ2) is 5.63. The summed E-state index contributed by atoms with van der Waals surface area (Å²) in [6, 6.07) is 6.32. The molecule has 2 rings (SSSR count). The van der Waals surface area contributed by atoms with E-state index in [9.17, 15) is 0 Å². The quantitative estimate of drug-likeness (QED) is 0.781. The molecule has 1 aromatic heterocycles. The van der Waals surface area contributed by atoms with Crippen LogP contribution in [0.4, 0.5) is 0 Å². The van der Waals surface area contributed by atoms with Crippen LogP contribution in [0.3, 0.4) is 0 Å². The molecular formula is C13H14ClNOS. The SMILES string of the molecule is COCc1ccc(-c2nc(CCl)cs2)cc1C. The maximum absolute atomic E-state index is 5.75. The third-order valence-electron chi connectivity index (χ3n) is 2.58. The van der Waals surface area contributed by atoms with Crippen LogP contribution in [0.25, 0.3) is 10.6 Å². The number of benzene rings is 1. The zero-order valence-electron chi connectivity index (χ0n) is 9.87. The Balaban J connectivity index is 2.30. The van der Waals surface area contributed by atoms with Gasteiger partial charge in [0.25, 0.3) is 0 Å². The normalized spacial score (nSPS) is 10.8. The molecule has 0 aliphatic rings. The van der Waals surface area contributed by atoms with Crippen molar-refractivity contribution >= 4 is 22.9 Å². The van der Waals surface area contributed by atoms with Crippen LogP contribution in [0.5, 0.6) is 0 Å². The number of hydrogen-bond acceptors (Lipinski definition) is 3. The summed E-state index contributed by atoms with van der Waals surface area (Å²) < 4.78 is 5.15. The van der Waals surface area contributed by atoms with Crippen LogP contribution >= 0.6 is 22.9 Å². The van der Waals surface area contributed by atoms with E-state index >= 15 is 0 Å². The average Bonchev–Trinajstić information content (AvgIpc) is 2.80. The maximum atomic E-state index is 5.75. The molecule has 17 heavy (non-hydrogen) atoms. The molecule has 0 amide bonds. The van der Waals surface area contributed by atoms with Crippen molar-refractivity contribution in [3.63, 3.8) is 0 Å². The van der Waals surface area contributed by atoms with Gasteiger partial charge in [0.05, 0.1) is 18.2 Å². The number of halogens is 1. The minimum Gasteiger partial charge on any atom is -0.380 e. The Morgan fingerprint density at radius 1 is 1.41 bits per heavy atom. The number of nitrogens with zero attached hydrogens (tertiary/aromatic N) is 1. The van der Waals surface area contributed by atoms with E-state index in [-0.39, 0.29) is 0 Å². The summed E-state index contributed by atoms with van der Waals surface area (Å²) in [6.45, 7) is 2.74. The zero-order valence-corrected chi connectivity index (χ0v) is 11.4. The van der Waals surface area contributed by atoms with Gasteiger partial charge in [-0.15, -0.1) is 22.9 Å². The van der Waals surface area contributed by atoms with Crippen LogP contribution in [0.15, 0.2) is 23.6 Å². The first kappa shape index (κ1) is 12.6. The van der Waals surface area contributed by atoms with E-state index in [0.717, 1.165) is 16.3 Å². The van der Waals surface area contributed by atoms with E-state index in [0.29, 0.717) is 12.5 Å². The van der Waals surface area contributed by atoms with Crippen molar-refractivity contribution < 1.29 is 4.74 Å². The Hall–Kier alpha value is -0.900. The summed E-state index contributed by atoms with van der Waals surface area (Å²) in [7, 11) is 1.71. The lowest BCUT2D eigenvalue weighted by atomic mass is 10.1. The van der Waals surface area contributed by atoms with Gasteiger partial charge in [0.2, 0.25) is 0 Å². The number of aryl methyl sites for hydroxylation is 1. The van der Waals surface area contributed by atoms with Gasteiger partial charge in [-0.25, -0.2) is 4.98 Å². The number of alkyl halides is 1. The molecule has 2 aromatic rings. The molecular weight excluding hydrogens is 254 g/mol. The molecule has 0 radical (unpaired) electrons. The summed E-state index contributed by atoms with van der Waals surface area (Å²) >= 11 is 7.38. The first-order chi connectivity index (χ1) is 8.24. The predicted molar refractivity (Wildman–Crippen MR) is 72.6 cm³/mol. The van der Waals surface area contributed by atoms with Gasteiger partial charge in [0.1, 0.15) is 5.01 Å². The molecule has 2 nitrogen and oxygen atoms in total. The summed E-state index contributed by atoms with van der Waals surface area (Å²) in [5, 5.41) is 3.02. The first-order valence-electron chi connectivity index (χ1n) is 5.34. The van der Waals surface area contributed by atoms with Crippen molar-refractivity contribution in [2.75, 3.05) is 7.11 Å². The topological polar surface area (TPSA) is 22.1 Å². The summed E-state index contributed by atoms with van der Waals surface area (Å²) in [4.78, 5) is 4.47. The molecule has 4 heteroatoms. The molecule has 0 spiro atoms. The number of thiazole rings is 1. The van der Waals surface area contributed by atoms with E-state index in [1.54, 1.807) is 18.4 Å². The third-order valence-corrected chi connectivity index (χ3v) is 3.79. The number of aromatic nitrogens is 1. The smallest absolute Gasteiger partial charge is 0.123 e. The average molecular weight is 268 g/mol. The second-order valence-electron chi connectivity index (χ2n) is 3.85. The van der Waals surface area contributed by atoms with Gasteiger partial charge in [-0.05, 0) is 24.1 Å². The Morgan fingerprint density at radius 2 is 2.24 bits per heavy atom. The number of rotatable bonds is 4. The van der Waals surface area contributed by atoms with E-state index < -0.39 is 0 Å². The monoisotopic (exact) mass is 267 g/mol. The molecule has 0 aliphatic heterocycles. The summed E-state index contributed by atoms with van der Waals surface area (Å²) in [6.07, 6.45) is 0. The largest absolute Gasteiger partial charge is 0.380 e. The molecule has 0 fully saturated rings. The van der Waals surface area contributed by atoms with Gasteiger partial charge in [-0.2, -0.15) is 0 Å². The highest BCUT2D eigenvalue weighted by molar-refractivity contribution is 7.13. The molecule has 90 valence electrons. The fourth-order valence-electron chi connectivity index (χ4n) is 1.65. The van der Waals surface area contributed by atoms with Crippen LogP contribution in [0.2, 0.25) is 0 Å². The predicted octanol–water partition coefficient (Wildman–Crippen LogP) is 4.00. The van der Waals surface area contributed by atoms with E-state index in [1.165, 1.54) is 11.1 Å². The van der Waals surface area contributed by atoms with Crippen LogP contribution < -0.4 is 0 Å². The van der Waals surface area contributed by atoms with Crippen LogP contribution in [0.1, 0.15) is 16.8 Å². The number of methoxy groups -OCH3 is 1. The number of ether oxygens (including phenoxy) is 1. The van der Waals surface area contributed by atoms with Gasteiger partial charge in [-0.1, -0.05) is 12.1 Å². The Morgan fingerprint density at radius 3 is 2.82 bits per heavy atom. The van der Waals surface area contributed by atoms with Gasteiger partial charge >= 0.3 is 0 Å². The minimum atomic E-state index is 0.469. The lowest BCUT2D eigenvalue weighted by Gasteiger charge is -2.06. The zero-order chi connectivity index (χ0) is 12.3. The molecule has 0 saturated heterocycles. The standard InChI is InChI=1S/C13H14ClNOS/c1-9-5-10(3-4-11(9)7-16-2)13-15-12(6-14)8-17-13/h3-5,8H,6-7H2,1-2H3. The molecule has 0 bridgehead atoms. The van der Waals surface area contributed by atoms with Crippen molar-refractivity contribution in [2.45, 2.75) is 19.4 Å². The van der Waals surface area contributed by atoms with E-state index in [4.69, 9.17) is 16.3 Å². The van der Waals surface area contributed by atoms with Crippen LogP contribution in [-0.4, -0.2) is 12.1 Å². The fourth-order valence-corrected chi connectivity index (χ4v) is 2.69. The van der Waals surface area contributed by atoms with Crippen molar-refractivity contribution in [3.05, 3.63) is 40.4 Å². The molecule has 0 atom stereocenters. The highest BCUT2D eigenvalue weighted by Gasteiger charge is 2.06. The third kappa shape index (κ3) is 2.86. The summed E-state index contributed by atoms with van der Waals surface area (Å²) in [5.74, 6) is 0.469. The van der Waals surface area contributed by atoms with E-state index in [1.807, 2.05) is 5.38 Å². The van der Waals surface area contributed by atoms with E-state index in [2.05, 4.69) is 30.1 Å². The lowest BCUT2D eigenvalue weighted by molar-refractivity contribution is 0.184. The Kier molecular flexibility index (Phi) is 4.15. The maximum Gasteiger partial charge on any atom is 0.123 e. The van der Waals surface area contributed by atoms with Crippen molar-refractivity contribution in [3.8, 4) is 10.6 Å². The molecule has 1 aromatic carbocycles. The highest BCUT2D eigenvalue weighted by Crippen LogP contribution is 2.26. The highest BCUT2D eigenvalue weighted by atomic mass is 35.5. The molecule has 0 unspecified atom stereocenters. The van der Waals surface area contributed by atoms with Crippen molar-refractivity contribution in [1.29, 1.82) is 0 Å². The Labute approximate surface area is 110 Å². The van der Waals surface area contributed by atoms with Crippen LogP contribution in [-0.2, 0) is 17.2 Å². The van der Waals surface area contributed by atoms with Crippen LogP contribution in [0, 0.1) is 6.92 Å². The molecule has 1 heterocycles. The summed E-state index contributed by atoms with van der Waals surface area (Å²) in [5.41, 5.74) is 4.52. The van der Waals surface area contributed by atoms with Gasteiger partial charge < -0.3 is 4.74 Å². The minimum absolute atomic E-state index is 0.469. The van der Waals surface area contributed by atoms with Gasteiger partial charge in [0, 0.05) is 18.1 Å². The molecule has 0 aliphatic carbocycles. The fraction of sp³-hybridized carbons (Fsp3) is 0.308. The first-order valence-corrected chi connectivity index (χ1v) is 6.75. The molecule has 0 N–H and O–H groups in total. The van der Waals surface area contributed by atoms with Crippen molar-refractivity contribution in [2.24, 2.45) is 0 Å². The molecule has 0 saturated carbocycles. The Bertz CT molecular complexity index is 510. The van der Waals surface area contributed by atoms with Gasteiger partial charge in [0.15, 0.2) is 0 Å². The lowest BCUT2D eigenvalue weighted by Crippen LogP contribution is -1.92.